The van der Waals surface area contributed by atoms with Gasteiger partial charge in [0.25, 0.3) is 0 Å². The molecule has 4 unspecified atom stereocenters. The molecule has 4 atom stereocenters. The van der Waals surface area contributed by atoms with E-state index < -0.39 is 0 Å². The number of fused-ring (bicyclic) bond motifs is 1. The zero-order valence-electron chi connectivity index (χ0n) is 11.3. The third-order valence-corrected chi connectivity index (χ3v) is 4.38. The number of nitrogens with one attached hydrogen (secondary N) is 1. The molecule has 3 N–H and O–H groups in total. The van der Waals surface area contributed by atoms with Gasteiger partial charge in [-0.15, -0.1) is 0 Å². The Kier molecular flexibility index (Phi) is 2.95. The number of aromatic amines is 1. The lowest BCUT2D eigenvalue weighted by molar-refractivity contribution is 0.0554. The van der Waals surface area contributed by atoms with Gasteiger partial charge in [0.2, 0.25) is 0 Å². The maximum absolute atomic E-state index is 6.02. The quantitative estimate of drug-likeness (QED) is 0.787. The molecule has 1 fully saturated rings. The summed E-state index contributed by atoms with van der Waals surface area (Å²) in [4.78, 5) is 8.00. The minimum Gasteiger partial charge on any atom is -0.397 e. The average Bonchev–Trinajstić information content (AvgIpc) is 2.81. The summed E-state index contributed by atoms with van der Waals surface area (Å²) < 4.78 is 5.87. The third-order valence-electron chi connectivity index (χ3n) is 4.16. The van der Waals surface area contributed by atoms with Crippen molar-refractivity contribution in [3.05, 3.63) is 23.0 Å². The highest BCUT2D eigenvalue weighted by atomic mass is 35.5. The second kappa shape index (κ2) is 4.39. The molecular formula is C14H18ClN3O. The first kappa shape index (κ1) is 12.8. The number of benzene rings is 1. The van der Waals surface area contributed by atoms with E-state index in [0.717, 1.165) is 16.9 Å². The Morgan fingerprint density at radius 1 is 1.26 bits per heavy atom. The number of H-pyrrole nitrogens is 1. The largest absolute Gasteiger partial charge is 0.397 e. The van der Waals surface area contributed by atoms with Crippen molar-refractivity contribution in [1.29, 1.82) is 0 Å². The number of nitrogens with two attached hydrogens (primary N) is 1. The van der Waals surface area contributed by atoms with E-state index in [4.69, 9.17) is 22.1 Å². The molecule has 1 saturated heterocycles. The Labute approximate surface area is 117 Å². The zero-order valence-corrected chi connectivity index (χ0v) is 12.0. The molecule has 0 spiro atoms. The van der Waals surface area contributed by atoms with Gasteiger partial charge in [0.15, 0.2) is 0 Å². The molecule has 0 bridgehead atoms. The van der Waals surface area contributed by atoms with Gasteiger partial charge in [0, 0.05) is 10.9 Å². The summed E-state index contributed by atoms with van der Waals surface area (Å²) in [6.45, 7) is 6.39. The van der Waals surface area contributed by atoms with E-state index in [9.17, 15) is 0 Å². The fourth-order valence-electron chi connectivity index (χ4n) is 3.02. The highest BCUT2D eigenvalue weighted by molar-refractivity contribution is 6.31. The van der Waals surface area contributed by atoms with Gasteiger partial charge in [-0.2, -0.15) is 0 Å². The third kappa shape index (κ3) is 1.99. The predicted molar refractivity (Wildman–Crippen MR) is 77.4 cm³/mol. The van der Waals surface area contributed by atoms with Crippen LogP contribution < -0.4 is 5.73 Å². The molecule has 5 heteroatoms. The number of hydrogen-bond acceptors (Lipinski definition) is 3. The molecule has 102 valence electrons. The zero-order chi connectivity index (χ0) is 13.7. The molecule has 1 aliphatic heterocycles. The smallest absolute Gasteiger partial charge is 0.113 e. The first-order valence-corrected chi connectivity index (χ1v) is 6.95. The van der Waals surface area contributed by atoms with E-state index in [2.05, 4.69) is 30.7 Å². The van der Waals surface area contributed by atoms with Crippen LogP contribution in [0.2, 0.25) is 5.02 Å². The van der Waals surface area contributed by atoms with Crippen LogP contribution in [0.15, 0.2) is 12.1 Å². The summed E-state index contributed by atoms with van der Waals surface area (Å²) in [6, 6.07) is 3.59. The molecule has 19 heavy (non-hydrogen) atoms. The number of aromatic nitrogens is 2. The summed E-state index contributed by atoms with van der Waals surface area (Å²) in [6.07, 6.45) is 0.399. The van der Waals surface area contributed by atoms with Crippen molar-refractivity contribution < 1.29 is 4.74 Å². The molecule has 2 heterocycles. The van der Waals surface area contributed by atoms with E-state index in [1.165, 1.54) is 0 Å². The summed E-state index contributed by atoms with van der Waals surface area (Å²) >= 11 is 6.02. The van der Waals surface area contributed by atoms with Crippen molar-refractivity contribution >= 4 is 28.3 Å². The maximum Gasteiger partial charge on any atom is 0.113 e. The predicted octanol–water partition coefficient (Wildman–Crippen LogP) is 3.33. The first-order chi connectivity index (χ1) is 8.97. The minimum absolute atomic E-state index is 0.155. The van der Waals surface area contributed by atoms with Crippen LogP contribution in [0.3, 0.4) is 0 Å². The van der Waals surface area contributed by atoms with E-state index in [1.54, 1.807) is 6.07 Å². The molecule has 2 aromatic rings. The fraction of sp³-hybridized carbons (Fsp3) is 0.500. The van der Waals surface area contributed by atoms with E-state index >= 15 is 0 Å². The van der Waals surface area contributed by atoms with Gasteiger partial charge in [-0.25, -0.2) is 4.98 Å². The molecule has 0 saturated carbocycles. The van der Waals surface area contributed by atoms with Crippen LogP contribution in [0.5, 0.6) is 0 Å². The molecule has 1 aromatic heterocycles. The number of ether oxygens (including phenoxy) is 1. The number of hydrogen-bond donors (Lipinski definition) is 2. The second-order valence-electron chi connectivity index (χ2n) is 5.44. The van der Waals surface area contributed by atoms with Crippen molar-refractivity contribution in [3.63, 3.8) is 0 Å². The van der Waals surface area contributed by atoms with E-state index in [0.29, 0.717) is 16.6 Å². The van der Waals surface area contributed by atoms with Crippen LogP contribution in [-0.4, -0.2) is 22.2 Å². The normalized spacial score (nSPS) is 31.2. The van der Waals surface area contributed by atoms with Crippen LogP contribution in [0, 0.1) is 5.92 Å². The monoisotopic (exact) mass is 279 g/mol. The summed E-state index contributed by atoms with van der Waals surface area (Å²) in [5.41, 5.74) is 8.25. The van der Waals surface area contributed by atoms with Crippen LogP contribution in [0.1, 0.15) is 32.5 Å². The molecule has 0 amide bonds. The SMILES string of the molecule is CC1OC(C)C(c2nc3c(N)cc(Cl)cc3[nH]2)C1C. The molecule has 0 radical (unpaired) electrons. The second-order valence-corrected chi connectivity index (χ2v) is 5.88. The van der Waals surface area contributed by atoms with Crippen LogP contribution in [0.4, 0.5) is 5.69 Å². The van der Waals surface area contributed by atoms with Gasteiger partial charge in [-0.05, 0) is 31.9 Å². The number of imidazole rings is 1. The van der Waals surface area contributed by atoms with Crippen molar-refractivity contribution in [2.24, 2.45) is 5.92 Å². The molecular weight excluding hydrogens is 262 g/mol. The Morgan fingerprint density at radius 3 is 2.63 bits per heavy atom. The van der Waals surface area contributed by atoms with Gasteiger partial charge < -0.3 is 15.5 Å². The van der Waals surface area contributed by atoms with Gasteiger partial charge in [0.05, 0.1) is 23.4 Å². The number of nitrogens with zero attached hydrogens (tertiary/aromatic N) is 1. The van der Waals surface area contributed by atoms with Crippen LogP contribution >= 0.6 is 11.6 Å². The van der Waals surface area contributed by atoms with Crippen molar-refractivity contribution in [2.45, 2.75) is 38.9 Å². The van der Waals surface area contributed by atoms with Crippen molar-refractivity contribution in [3.8, 4) is 0 Å². The summed E-state index contributed by atoms with van der Waals surface area (Å²) in [5.74, 6) is 1.63. The van der Waals surface area contributed by atoms with Crippen molar-refractivity contribution in [1.82, 2.24) is 9.97 Å². The lowest BCUT2D eigenvalue weighted by Crippen LogP contribution is -2.16. The highest BCUT2D eigenvalue weighted by Crippen LogP contribution is 2.39. The van der Waals surface area contributed by atoms with Crippen molar-refractivity contribution in [2.75, 3.05) is 5.73 Å². The van der Waals surface area contributed by atoms with Gasteiger partial charge in [-0.1, -0.05) is 18.5 Å². The number of anilines is 1. The van der Waals surface area contributed by atoms with Gasteiger partial charge in [0.1, 0.15) is 11.3 Å². The van der Waals surface area contributed by atoms with Gasteiger partial charge >= 0.3 is 0 Å². The molecule has 4 nitrogen and oxygen atoms in total. The summed E-state index contributed by atoms with van der Waals surface area (Å²) in [7, 11) is 0. The first-order valence-electron chi connectivity index (χ1n) is 6.57. The average molecular weight is 280 g/mol. The lowest BCUT2D eigenvalue weighted by atomic mass is 9.89. The molecule has 0 aliphatic carbocycles. The maximum atomic E-state index is 6.02. The van der Waals surface area contributed by atoms with Crippen LogP contribution in [0.25, 0.3) is 11.0 Å². The Bertz CT molecular complexity index is 624. The van der Waals surface area contributed by atoms with Crippen LogP contribution in [-0.2, 0) is 4.74 Å². The number of halogens is 1. The van der Waals surface area contributed by atoms with Gasteiger partial charge in [-0.3, -0.25) is 0 Å². The molecule has 3 rings (SSSR count). The van der Waals surface area contributed by atoms with E-state index in [1.807, 2.05) is 6.07 Å². The Morgan fingerprint density at radius 2 is 2.00 bits per heavy atom. The Balaban J connectivity index is 2.09. The lowest BCUT2D eigenvalue weighted by Gasteiger charge is -2.15. The highest BCUT2D eigenvalue weighted by Gasteiger charge is 2.39. The topological polar surface area (TPSA) is 63.9 Å². The fourth-order valence-corrected chi connectivity index (χ4v) is 3.25. The van der Waals surface area contributed by atoms with E-state index in [-0.39, 0.29) is 18.1 Å². The molecule has 1 aromatic carbocycles. The standard InChI is InChI=1S/C14H18ClN3O/c1-6-7(2)19-8(3)12(6)14-17-11-5-9(15)4-10(16)13(11)18-14/h4-8,12H,16H2,1-3H3,(H,17,18). The number of nitrogen functional groups attached to an aromatic ring is 1. The minimum atomic E-state index is 0.155. The number of rotatable bonds is 1. The summed E-state index contributed by atoms with van der Waals surface area (Å²) in [5, 5.41) is 0.623. The molecule has 1 aliphatic rings. The Hall–Kier alpha value is -1.26.